The Bertz CT molecular complexity index is 997. The van der Waals surface area contributed by atoms with Crippen LogP contribution < -0.4 is 10.5 Å². The van der Waals surface area contributed by atoms with E-state index < -0.39 is 10.5 Å². The second kappa shape index (κ2) is 7.11. The highest BCUT2D eigenvalue weighted by atomic mass is 35.5. The Morgan fingerprint density at radius 3 is 2.45 bits per heavy atom. The van der Waals surface area contributed by atoms with Gasteiger partial charge in [-0.2, -0.15) is 9.78 Å². The molecule has 0 bridgehead atoms. The van der Waals surface area contributed by atoms with Gasteiger partial charge in [0.1, 0.15) is 5.02 Å². The lowest BCUT2D eigenvalue weighted by Gasteiger charge is -2.49. The molecule has 154 valence electrons. The first kappa shape index (κ1) is 19.8. The van der Waals surface area contributed by atoms with Crippen LogP contribution in [0, 0.1) is 10.1 Å². The van der Waals surface area contributed by atoms with E-state index in [0.717, 1.165) is 30.4 Å². The molecule has 1 aliphatic heterocycles. The van der Waals surface area contributed by atoms with Crippen LogP contribution in [0.3, 0.4) is 0 Å². The number of morpholine rings is 1. The van der Waals surface area contributed by atoms with Crippen LogP contribution in [0.1, 0.15) is 39.5 Å². The number of ether oxygens (including phenoxy) is 1. The lowest BCUT2D eigenvalue weighted by Crippen LogP contribution is -2.59. The largest absolute Gasteiger partial charge is 0.365 e. The first-order valence-corrected chi connectivity index (χ1v) is 10.1. The van der Waals surface area contributed by atoms with Gasteiger partial charge in [0.2, 0.25) is 0 Å². The Balaban J connectivity index is 1.68. The van der Waals surface area contributed by atoms with Gasteiger partial charge in [0, 0.05) is 25.2 Å². The molecule has 2 heterocycles. The molecule has 4 rings (SSSR count). The van der Waals surface area contributed by atoms with Gasteiger partial charge in [-0.1, -0.05) is 24.4 Å². The fraction of sp³-hybridized carbons (Fsp3) is 0.500. The Kier molecular flexibility index (Phi) is 4.86. The van der Waals surface area contributed by atoms with Crippen LogP contribution in [-0.2, 0) is 4.74 Å². The summed E-state index contributed by atoms with van der Waals surface area (Å²) in [6.45, 7) is 5.40. The van der Waals surface area contributed by atoms with Crippen molar-refractivity contribution in [1.29, 1.82) is 0 Å². The first-order valence-electron chi connectivity index (χ1n) is 9.68. The summed E-state index contributed by atoms with van der Waals surface area (Å²) in [6.07, 6.45) is 5.86. The van der Waals surface area contributed by atoms with Crippen molar-refractivity contribution in [3.05, 3.63) is 56.0 Å². The number of non-ortho nitro benzene ring substituents is 1. The number of nitro benzene ring substituents is 1. The van der Waals surface area contributed by atoms with Crippen molar-refractivity contribution < 1.29 is 9.66 Å². The number of halogens is 1. The summed E-state index contributed by atoms with van der Waals surface area (Å²) in [5.74, 6) is 0. The molecule has 0 amide bonds. The summed E-state index contributed by atoms with van der Waals surface area (Å²) in [5.41, 5.74) is -0.0666. The van der Waals surface area contributed by atoms with Crippen molar-refractivity contribution in [2.24, 2.45) is 0 Å². The van der Waals surface area contributed by atoms with Crippen molar-refractivity contribution in [1.82, 2.24) is 9.78 Å². The molecule has 8 nitrogen and oxygen atoms in total. The third kappa shape index (κ3) is 3.74. The van der Waals surface area contributed by atoms with E-state index in [1.807, 2.05) is 0 Å². The maximum Gasteiger partial charge on any atom is 0.292 e. The highest BCUT2D eigenvalue weighted by Gasteiger charge is 2.46. The summed E-state index contributed by atoms with van der Waals surface area (Å²) in [6, 6.07) is 5.63. The molecular weight excluding hydrogens is 396 g/mol. The topological polar surface area (TPSA) is 90.5 Å². The van der Waals surface area contributed by atoms with Crippen LogP contribution in [0.5, 0.6) is 0 Å². The minimum Gasteiger partial charge on any atom is -0.365 e. The molecule has 1 aromatic carbocycles. The summed E-state index contributed by atoms with van der Waals surface area (Å²) in [7, 11) is 0. The fourth-order valence-corrected chi connectivity index (χ4v) is 4.76. The van der Waals surface area contributed by atoms with Crippen LogP contribution in [0.15, 0.2) is 35.3 Å². The Morgan fingerprint density at radius 1 is 1.17 bits per heavy atom. The monoisotopic (exact) mass is 418 g/mol. The normalized spacial score (nSPS) is 20.2. The van der Waals surface area contributed by atoms with Gasteiger partial charge in [0.05, 0.1) is 33.7 Å². The molecule has 29 heavy (non-hydrogen) atoms. The van der Waals surface area contributed by atoms with Crippen LogP contribution in [0.2, 0.25) is 5.02 Å². The molecule has 1 aromatic heterocycles. The van der Waals surface area contributed by atoms with E-state index >= 15 is 0 Å². The summed E-state index contributed by atoms with van der Waals surface area (Å²) in [4.78, 5) is 25.3. The second-order valence-corrected chi connectivity index (χ2v) is 8.82. The van der Waals surface area contributed by atoms with Gasteiger partial charge in [-0.3, -0.25) is 14.9 Å². The molecule has 1 spiro atoms. The third-order valence-corrected chi connectivity index (χ3v) is 5.96. The SMILES string of the molecule is CC1(C)CN(c2cnn(-c3ccc([N+](=O)[O-])cc3)c(=O)c2Cl)CC2(CCCC2)O1. The number of nitrogens with zero attached hydrogens (tertiary/aromatic N) is 4. The van der Waals surface area contributed by atoms with Crippen LogP contribution >= 0.6 is 11.6 Å². The Morgan fingerprint density at radius 2 is 1.83 bits per heavy atom. The number of hydrogen-bond acceptors (Lipinski definition) is 6. The molecule has 9 heteroatoms. The molecule has 1 saturated carbocycles. The van der Waals surface area contributed by atoms with Gasteiger partial charge in [-0.15, -0.1) is 0 Å². The van der Waals surface area contributed by atoms with E-state index in [4.69, 9.17) is 16.3 Å². The van der Waals surface area contributed by atoms with Gasteiger partial charge in [-0.05, 0) is 38.8 Å². The molecule has 0 unspecified atom stereocenters. The minimum absolute atomic E-state index is 0.0538. The standard InChI is InChI=1S/C20H23ClN4O4/c1-19(2)12-23(13-20(29-19)9-3-4-10-20)16-11-22-24(18(26)17(16)21)14-5-7-15(8-6-14)25(27)28/h5-8,11H,3-4,9-10,12-13H2,1-2H3. The van der Waals surface area contributed by atoms with E-state index in [9.17, 15) is 14.9 Å². The van der Waals surface area contributed by atoms with E-state index in [1.54, 1.807) is 6.20 Å². The predicted molar refractivity (Wildman–Crippen MR) is 110 cm³/mol. The number of anilines is 1. The minimum atomic E-state index is -0.491. The second-order valence-electron chi connectivity index (χ2n) is 8.44. The smallest absolute Gasteiger partial charge is 0.292 e. The molecule has 0 atom stereocenters. The van der Waals surface area contributed by atoms with Gasteiger partial charge < -0.3 is 9.64 Å². The van der Waals surface area contributed by atoms with Gasteiger partial charge in [-0.25, -0.2) is 0 Å². The number of hydrogen-bond donors (Lipinski definition) is 0. The van der Waals surface area contributed by atoms with Gasteiger partial charge >= 0.3 is 0 Å². The molecule has 1 aliphatic carbocycles. The zero-order valence-electron chi connectivity index (χ0n) is 16.4. The Labute approximate surface area is 173 Å². The van der Waals surface area contributed by atoms with E-state index in [2.05, 4.69) is 23.8 Å². The summed E-state index contributed by atoms with van der Waals surface area (Å²) >= 11 is 6.49. The fourth-order valence-electron chi connectivity index (χ4n) is 4.51. The van der Waals surface area contributed by atoms with Crippen LogP contribution in [0.25, 0.3) is 5.69 Å². The van der Waals surface area contributed by atoms with E-state index in [-0.39, 0.29) is 21.9 Å². The zero-order valence-corrected chi connectivity index (χ0v) is 17.2. The lowest BCUT2D eigenvalue weighted by atomic mass is 9.94. The maximum absolute atomic E-state index is 12.9. The molecule has 1 saturated heterocycles. The van der Waals surface area contributed by atoms with Crippen LogP contribution in [0.4, 0.5) is 11.4 Å². The van der Waals surface area contributed by atoms with E-state index in [1.165, 1.54) is 24.3 Å². The maximum atomic E-state index is 12.9. The van der Waals surface area contributed by atoms with Gasteiger partial charge in [0.15, 0.2) is 0 Å². The number of benzene rings is 1. The summed E-state index contributed by atoms with van der Waals surface area (Å²) < 4.78 is 7.58. The highest BCUT2D eigenvalue weighted by molar-refractivity contribution is 6.33. The summed E-state index contributed by atoms with van der Waals surface area (Å²) in [5, 5.41) is 15.2. The number of nitro groups is 1. The average molecular weight is 419 g/mol. The van der Waals surface area contributed by atoms with Crippen LogP contribution in [-0.4, -0.2) is 39.0 Å². The Hall–Kier alpha value is -2.45. The zero-order chi connectivity index (χ0) is 20.8. The van der Waals surface area contributed by atoms with Crippen molar-refractivity contribution >= 4 is 23.0 Å². The van der Waals surface area contributed by atoms with Crippen molar-refractivity contribution in [3.8, 4) is 5.69 Å². The van der Waals surface area contributed by atoms with Gasteiger partial charge in [0.25, 0.3) is 11.2 Å². The lowest BCUT2D eigenvalue weighted by molar-refractivity contribution is -0.384. The van der Waals surface area contributed by atoms with E-state index in [0.29, 0.717) is 24.5 Å². The quantitative estimate of drug-likeness (QED) is 0.557. The van der Waals surface area contributed by atoms with Crippen molar-refractivity contribution in [3.63, 3.8) is 0 Å². The molecule has 2 fully saturated rings. The number of aromatic nitrogens is 2. The third-order valence-electron chi connectivity index (χ3n) is 5.60. The molecule has 2 aliphatic rings. The van der Waals surface area contributed by atoms with Crippen molar-refractivity contribution in [2.45, 2.75) is 50.7 Å². The number of rotatable bonds is 3. The average Bonchev–Trinajstić information content (AvgIpc) is 3.09. The highest BCUT2D eigenvalue weighted by Crippen LogP contribution is 2.42. The molecule has 0 N–H and O–H groups in total. The molecular formula is C20H23ClN4O4. The molecule has 0 radical (unpaired) electrons. The van der Waals surface area contributed by atoms with Crippen molar-refractivity contribution in [2.75, 3.05) is 18.0 Å². The first-order chi connectivity index (χ1) is 13.7. The predicted octanol–water partition coefficient (Wildman–Crippen LogP) is 3.72. The molecule has 2 aromatic rings.